The Morgan fingerprint density at radius 3 is 2.57 bits per heavy atom. The molecule has 7 nitrogen and oxygen atoms in total. The monoisotopic (exact) mass is 377 g/mol. The van der Waals surface area contributed by atoms with Crippen molar-refractivity contribution in [2.45, 2.75) is 19.9 Å². The number of aryl methyl sites for hydroxylation is 1. The Hall–Kier alpha value is -3.06. The zero-order chi connectivity index (χ0) is 19.7. The van der Waals surface area contributed by atoms with Gasteiger partial charge in [-0.1, -0.05) is 0 Å². The van der Waals surface area contributed by atoms with Crippen molar-refractivity contribution in [2.24, 2.45) is 0 Å². The predicted octanol–water partition coefficient (Wildman–Crippen LogP) is 2.32. The van der Waals surface area contributed by atoms with Crippen LogP contribution < -0.4 is 10.5 Å². The molecule has 4 rings (SSSR count). The van der Waals surface area contributed by atoms with E-state index in [0.29, 0.717) is 11.3 Å². The van der Waals surface area contributed by atoms with Crippen LogP contribution in [-0.2, 0) is 0 Å². The van der Waals surface area contributed by atoms with Crippen molar-refractivity contribution in [1.82, 2.24) is 19.9 Å². The molecule has 3 aromatic rings. The Balaban J connectivity index is 1.46. The van der Waals surface area contributed by atoms with Gasteiger partial charge in [0.2, 0.25) is 0 Å². The molecule has 0 aliphatic carbocycles. The fourth-order valence-corrected chi connectivity index (χ4v) is 3.66. The third-order valence-electron chi connectivity index (χ3n) is 5.50. The summed E-state index contributed by atoms with van der Waals surface area (Å²) in [6.07, 6.45) is 4.42. The molecule has 1 atom stereocenters. The van der Waals surface area contributed by atoms with Gasteiger partial charge in [0, 0.05) is 44.0 Å². The topological polar surface area (TPSA) is 82.2 Å². The molecule has 0 amide bonds. The normalized spacial score (nSPS) is 16.3. The Bertz CT molecular complexity index is 1050. The van der Waals surface area contributed by atoms with Gasteiger partial charge in [0.15, 0.2) is 6.29 Å². The molecule has 3 aromatic heterocycles. The molecule has 0 bridgehead atoms. The number of carbonyl (C=O) groups is 1. The fraction of sp³-hybridized carbons (Fsp3) is 0.333. The molecular weight excluding hydrogens is 354 g/mol. The largest absolute Gasteiger partial charge is 0.368 e. The molecule has 0 aromatic carbocycles. The molecule has 1 saturated heterocycles. The van der Waals surface area contributed by atoms with Gasteiger partial charge in [-0.25, -0.2) is 0 Å². The van der Waals surface area contributed by atoms with Gasteiger partial charge in [0.25, 0.3) is 5.56 Å². The number of rotatable bonds is 4. The van der Waals surface area contributed by atoms with Gasteiger partial charge in [0.05, 0.1) is 22.9 Å². The number of hydrogen-bond acceptors (Lipinski definition) is 6. The number of fused-ring (bicyclic) bond motifs is 1. The molecule has 28 heavy (non-hydrogen) atoms. The molecule has 7 heteroatoms. The lowest BCUT2D eigenvalue weighted by molar-refractivity contribution is 0.111. The molecule has 0 saturated carbocycles. The number of piperazine rings is 1. The number of nitrogens with zero attached hydrogens (tertiary/aromatic N) is 4. The maximum atomic E-state index is 11.9. The Labute approximate surface area is 163 Å². The maximum Gasteiger partial charge on any atom is 0.251 e. The molecule has 1 N–H and O–H groups in total. The lowest BCUT2D eigenvalue weighted by atomic mass is 10.1. The van der Waals surface area contributed by atoms with E-state index in [4.69, 9.17) is 0 Å². The highest BCUT2D eigenvalue weighted by molar-refractivity contribution is 5.75. The van der Waals surface area contributed by atoms with Crippen molar-refractivity contribution in [3.05, 3.63) is 63.8 Å². The lowest BCUT2D eigenvalue weighted by Crippen LogP contribution is -2.47. The average Bonchev–Trinajstić information content (AvgIpc) is 2.74. The van der Waals surface area contributed by atoms with Gasteiger partial charge < -0.3 is 9.88 Å². The molecule has 0 radical (unpaired) electrons. The number of hydrogen-bond donors (Lipinski definition) is 1. The van der Waals surface area contributed by atoms with Crippen LogP contribution in [0.1, 0.15) is 34.6 Å². The van der Waals surface area contributed by atoms with E-state index in [1.807, 2.05) is 24.4 Å². The van der Waals surface area contributed by atoms with Gasteiger partial charge in [0.1, 0.15) is 5.69 Å². The minimum atomic E-state index is -0.0677. The van der Waals surface area contributed by atoms with E-state index in [-0.39, 0.29) is 11.6 Å². The van der Waals surface area contributed by atoms with E-state index in [2.05, 4.69) is 31.7 Å². The van der Waals surface area contributed by atoms with Crippen molar-refractivity contribution in [2.75, 3.05) is 31.1 Å². The van der Waals surface area contributed by atoms with Crippen LogP contribution in [0.5, 0.6) is 0 Å². The average molecular weight is 377 g/mol. The summed E-state index contributed by atoms with van der Waals surface area (Å²) >= 11 is 0. The highest BCUT2D eigenvalue weighted by Crippen LogP contribution is 2.24. The number of carbonyl (C=O) groups excluding carboxylic acids is 1. The standard InChI is InChI=1S/C21H23N5O2/c1-14-9-19-20(24-21(14)28)10-16(11-23-19)15(2)25-5-7-26(8-6-25)18-4-3-17(13-27)22-12-18/h3-4,9-13,15H,5-8H2,1-2H3,(H,24,28). The van der Waals surface area contributed by atoms with E-state index in [9.17, 15) is 9.59 Å². The first kappa shape index (κ1) is 18.3. The molecule has 1 aliphatic heterocycles. The zero-order valence-corrected chi connectivity index (χ0v) is 16.1. The third kappa shape index (κ3) is 3.53. The van der Waals surface area contributed by atoms with Crippen LogP contribution in [0, 0.1) is 6.92 Å². The Kier molecular flexibility index (Phi) is 4.92. The van der Waals surface area contributed by atoms with Gasteiger partial charge in [-0.2, -0.15) is 0 Å². The number of aldehydes is 1. The van der Waals surface area contributed by atoms with Crippen molar-refractivity contribution < 1.29 is 4.79 Å². The molecular formula is C21H23N5O2. The first-order valence-electron chi connectivity index (χ1n) is 9.45. The van der Waals surface area contributed by atoms with Crippen molar-refractivity contribution >= 4 is 23.0 Å². The summed E-state index contributed by atoms with van der Waals surface area (Å²) in [5.41, 5.74) is 4.78. The Morgan fingerprint density at radius 1 is 1.11 bits per heavy atom. The lowest BCUT2D eigenvalue weighted by Gasteiger charge is -2.39. The highest BCUT2D eigenvalue weighted by atomic mass is 16.1. The van der Waals surface area contributed by atoms with E-state index in [1.54, 1.807) is 19.2 Å². The zero-order valence-electron chi connectivity index (χ0n) is 16.1. The SMILES string of the molecule is Cc1cc2ncc(C(C)N3CCN(c4ccc(C=O)nc4)CC3)cc2[nH]c1=O. The molecule has 144 valence electrons. The summed E-state index contributed by atoms with van der Waals surface area (Å²) in [4.78, 5) is 39.0. The summed E-state index contributed by atoms with van der Waals surface area (Å²) in [6.45, 7) is 7.58. The van der Waals surface area contributed by atoms with Crippen LogP contribution in [-0.4, -0.2) is 52.3 Å². The van der Waals surface area contributed by atoms with Gasteiger partial charge in [-0.05, 0) is 43.7 Å². The second kappa shape index (κ2) is 7.52. The van der Waals surface area contributed by atoms with Crippen LogP contribution in [0.4, 0.5) is 5.69 Å². The van der Waals surface area contributed by atoms with E-state index < -0.39 is 0 Å². The highest BCUT2D eigenvalue weighted by Gasteiger charge is 2.23. The minimum absolute atomic E-state index is 0.0677. The summed E-state index contributed by atoms with van der Waals surface area (Å²) in [5, 5.41) is 0. The third-order valence-corrected chi connectivity index (χ3v) is 5.50. The summed E-state index contributed by atoms with van der Waals surface area (Å²) in [7, 11) is 0. The second-order valence-corrected chi connectivity index (χ2v) is 7.24. The maximum absolute atomic E-state index is 11.9. The fourth-order valence-electron chi connectivity index (χ4n) is 3.66. The Morgan fingerprint density at radius 2 is 1.89 bits per heavy atom. The predicted molar refractivity (Wildman–Crippen MR) is 109 cm³/mol. The van der Waals surface area contributed by atoms with Gasteiger partial charge in [-0.3, -0.25) is 24.5 Å². The number of aromatic nitrogens is 3. The van der Waals surface area contributed by atoms with Crippen molar-refractivity contribution in [3.8, 4) is 0 Å². The molecule has 1 aliphatic rings. The number of H-pyrrole nitrogens is 1. The molecule has 1 unspecified atom stereocenters. The summed E-state index contributed by atoms with van der Waals surface area (Å²) in [6, 6.07) is 7.76. The smallest absolute Gasteiger partial charge is 0.251 e. The summed E-state index contributed by atoms with van der Waals surface area (Å²) in [5.74, 6) is 0. The van der Waals surface area contributed by atoms with Crippen LogP contribution in [0.2, 0.25) is 0 Å². The van der Waals surface area contributed by atoms with Gasteiger partial charge in [-0.15, -0.1) is 0 Å². The number of pyridine rings is 3. The number of nitrogens with one attached hydrogen (secondary N) is 1. The summed E-state index contributed by atoms with van der Waals surface area (Å²) < 4.78 is 0. The number of anilines is 1. The van der Waals surface area contributed by atoms with Crippen molar-refractivity contribution in [3.63, 3.8) is 0 Å². The van der Waals surface area contributed by atoms with Gasteiger partial charge >= 0.3 is 0 Å². The first-order valence-corrected chi connectivity index (χ1v) is 9.45. The minimum Gasteiger partial charge on any atom is -0.368 e. The van der Waals surface area contributed by atoms with Crippen LogP contribution >= 0.6 is 0 Å². The van der Waals surface area contributed by atoms with E-state index in [1.165, 1.54) is 0 Å². The van der Waals surface area contributed by atoms with Crippen LogP contribution in [0.25, 0.3) is 11.0 Å². The first-order chi connectivity index (χ1) is 13.5. The van der Waals surface area contributed by atoms with E-state index >= 15 is 0 Å². The molecule has 1 fully saturated rings. The number of aromatic amines is 1. The molecule has 0 spiro atoms. The van der Waals surface area contributed by atoms with Crippen LogP contribution in [0.3, 0.4) is 0 Å². The van der Waals surface area contributed by atoms with E-state index in [0.717, 1.165) is 54.7 Å². The van der Waals surface area contributed by atoms with Crippen molar-refractivity contribution in [1.29, 1.82) is 0 Å². The van der Waals surface area contributed by atoms with Crippen LogP contribution in [0.15, 0.2) is 41.5 Å². The second-order valence-electron chi connectivity index (χ2n) is 7.24. The molecule has 4 heterocycles. The quantitative estimate of drug-likeness (QED) is 0.703.